The van der Waals surface area contributed by atoms with Crippen LogP contribution in [0.5, 0.6) is 0 Å². The average molecular weight is 142 g/mol. The number of hydrogen-bond donors (Lipinski definition) is 4. The van der Waals surface area contributed by atoms with Gasteiger partial charge in [-0.05, 0) is 0 Å². The minimum absolute atomic E-state index is 0.248. The van der Waals surface area contributed by atoms with Crippen molar-refractivity contribution in [3.8, 4) is 0 Å². The van der Waals surface area contributed by atoms with Crippen molar-refractivity contribution in [1.82, 2.24) is 10.6 Å². The molecule has 0 aliphatic carbocycles. The van der Waals surface area contributed by atoms with E-state index in [4.69, 9.17) is 10.2 Å². The molecule has 1 heterocycles. The largest absolute Gasteiger partial charge is 0.479 e. The first kappa shape index (κ1) is 6.47. The first-order valence-corrected chi connectivity index (χ1v) is 2.56. The van der Waals surface area contributed by atoms with Crippen molar-refractivity contribution >= 4 is 5.91 Å². The number of aliphatic hydroxyl groups is 2. The standard InChI is InChI=1S/C5H6N2O3/c8-4-3(5(9)10)6-1-2-7-4/h1-2,6,9-10H,(H,7,8). The highest BCUT2D eigenvalue weighted by Gasteiger charge is 2.14. The molecular formula is C5H6N2O3. The Hall–Kier alpha value is -1.65. The lowest BCUT2D eigenvalue weighted by molar-refractivity contribution is -0.117. The molecule has 0 aromatic rings. The van der Waals surface area contributed by atoms with Gasteiger partial charge >= 0.3 is 5.95 Å². The number of carbonyl (C=O) groups is 1. The fraction of sp³-hybridized carbons (Fsp3) is 0. The van der Waals surface area contributed by atoms with Crippen LogP contribution in [0.2, 0.25) is 0 Å². The number of carbonyl (C=O) groups excluding carboxylic acids is 1. The van der Waals surface area contributed by atoms with Gasteiger partial charge in [0.05, 0.1) is 0 Å². The van der Waals surface area contributed by atoms with Gasteiger partial charge in [0.1, 0.15) is 0 Å². The highest BCUT2D eigenvalue weighted by molar-refractivity contribution is 5.94. The SMILES string of the molecule is O=C1NC=CNC1=C(O)O. The van der Waals surface area contributed by atoms with Gasteiger partial charge in [0.25, 0.3) is 5.91 Å². The van der Waals surface area contributed by atoms with E-state index >= 15 is 0 Å². The molecule has 0 aromatic heterocycles. The van der Waals surface area contributed by atoms with Gasteiger partial charge in [-0.2, -0.15) is 0 Å². The highest BCUT2D eigenvalue weighted by Crippen LogP contribution is 1.97. The normalized spacial score (nSPS) is 16.0. The van der Waals surface area contributed by atoms with Crippen LogP contribution in [0.15, 0.2) is 24.0 Å². The summed E-state index contributed by atoms with van der Waals surface area (Å²) in [6, 6.07) is 0. The molecule has 1 amide bonds. The van der Waals surface area contributed by atoms with Gasteiger partial charge in [0.15, 0.2) is 5.70 Å². The number of hydrogen-bond acceptors (Lipinski definition) is 4. The van der Waals surface area contributed by atoms with Crippen LogP contribution < -0.4 is 10.6 Å². The second-order valence-electron chi connectivity index (χ2n) is 1.65. The Morgan fingerprint density at radius 3 is 2.30 bits per heavy atom. The third-order valence-corrected chi connectivity index (χ3v) is 0.976. The Morgan fingerprint density at radius 1 is 1.30 bits per heavy atom. The molecule has 5 nitrogen and oxygen atoms in total. The summed E-state index contributed by atoms with van der Waals surface area (Å²) in [4.78, 5) is 10.6. The molecule has 0 atom stereocenters. The summed E-state index contributed by atoms with van der Waals surface area (Å²) in [6.45, 7) is 0. The fourth-order valence-corrected chi connectivity index (χ4v) is 0.546. The Balaban J connectivity index is 2.89. The van der Waals surface area contributed by atoms with Crippen LogP contribution in [-0.2, 0) is 4.79 Å². The molecule has 1 aliphatic rings. The summed E-state index contributed by atoms with van der Waals surface area (Å²) < 4.78 is 0. The molecule has 0 aromatic carbocycles. The van der Waals surface area contributed by atoms with E-state index in [0.29, 0.717) is 0 Å². The van der Waals surface area contributed by atoms with Crippen LogP contribution in [0.3, 0.4) is 0 Å². The summed E-state index contributed by atoms with van der Waals surface area (Å²) in [5.41, 5.74) is -0.248. The molecule has 0 spiro atoms. The minimum Gasteiger partial charge on any atom is -0.479 e. The van der Waals surface area contributed by atoms with Crippen LogP contribution in [-0.4, -0.2) is 16.1 Å². The van der Waals surface area contributed by atoms with E-state index in [-0.39, 0.29) is 5.70 Å². The number of aliphatic hydroxyl groups excluding tert-OH is 1. The quantitative estimate of drug-likeness (QED) is 0.270. The van der Waals surface area contributed by atoms with Crippen molar-refractivity contribution in [1.29, 1.82) is 0 Å². The molecule has 5 heteroatoms. The smallest absolute Gasteiger partial charge is 0.304 e. The van der Waals surface area contributed by atoms with Crippen molar-refractivity contribution in [2.45, 2.75) is 0 Å². The molecule has 1 rings (SSSR count). The lowest BCUT2D eigenvalue weighted by atomic mass is 10.4. The number of amides is 1. The Bertz CT molecular complexity index is 215. The van der Waals surface area contributed by atoms with E-state index in [2.05, 4.69) is 10.6 Å². The van der Waals surface area contributed by atoms with Crippen molar-refractivity contribution in [3.63, 3.8) is 0 Å². The topological polar surface area (TPSA) is 81.6 Å². The average Bonchev–Trinajstić information content (AvgIpc) is 1.88. The van der Waals surface area contributed by atoms with Gasteiger partial charge in [0.2, 0.25) is 0 Å². The van der Waals surface area contributed by atoms with Gasteiger partial charge in [-0.3, -0.25) is 4.79 Å². The molecule has 0 radical (unpaired) electrons. The lowest BCUT2D eigenvalue weighted by Gasteiger charge is -2.09. The second kappa shape index (κ2) is 2.30. The molecule has 0 saturated heterocycles. The Kier molecular flexibility index (Phi) is 1.49. The van der Waals surface area contributed by atoms with E-state index in [1.54, 1.807) is 0 Å². The van der Waals surface area contributed by atoms with E-state index in [1.165, 1.54) is 12.4 Å². The van der Waals surface area contributed by atoms with E-state index < -0.39 is 11.9 Å². The Morgan fingerprint density at radius 2 is 1.90 bits per heavy atom. The van der Waals surface area contributed by atoms with Gasteiger partial charge in [-0.25, -0.2) is 0 Å². The van der Waals surface area contributed by atoms with Crippen molar-refractivity contribution in [3.05, 3.63) is 24.0 Å². The molecule has 4 N–H and O–H groups in total. The second-order valence-corrected chi connectivity index (χ2v) is 1.65. The van der Waals surface area contributed by atoms with Crippen LogP contribution in [0.1, 0.15) is 0 Å². The molecule has 54 valence electrons. The minimum atomic E-state index is -1.01. The summed E-state index contributed by atoms with van der Waals surface area (Å²) >= 11 is 0. The molecule has 0 unspecified atom stereocenters. The van der Waals surface area contributed by atoms with Gasteiger partial charge in [0, 0.05) is 12.4 Å². The summed E-state index contributed by atoms with van der Waals surface area (Å²) in [6.07, 6.45) is 2.73. The molecule has 0 fully saturated rings. The first-order chi connectivity index (χ1) is 4.72. The van der Waals surface area contributed by atoms with Gasteiger partial charge in [-0.15, -0.1) is 0 Å². The zero-order chi connectivity index (χ0) is 7.56. The maximum Gasteiger partial charge on any atom is 0.304 e. The molecule has 10 heavy (non-hydrogen) atoms. The summed E-state index contributed by atoms with van der Waals surface area (Å²) in [5.74, 6) is -1.58. The van der Waals surface area contributed by atoms with Crippen molar-refractivity contribution < 1.29 is 15.0 Å². The lowest BCUT2D eigenvalue weighted by Crippen LogP contribution is -2.32. The molecule has 1 aliphatic heterocycles. The summed E-state index contributed by atoms with van der Waals surface area (Å²) in [7, 11) is 0. The zero-order valence-electron chi connectivity index (χ0n) is 4.96. The maximum absolute atomic E-state index is 10.6. The van der Waals surface area contributed by atoms with Crippen LogP contribution in [0.4, 0.5) is 0 Å². The van der Waals surface area contributed by atoms with Gasteiger partial charge < -0.3 is 20.8 Å². The number of rotatable bonds is 0. The fourth-order valence-electron chi connectivity index (χ4n) is 0.546. The molecule has 0 bridgehead atoms. The third-order valence-electron chi connectivity index (χ3n) is 0.976. The highest BCUT2D eigenvalue weighted by atomic mass is 16.5. The third kappa shape index (κ3) is 1.02. The van der Waals surface area contributed by atoms with E-state index in [9.17, 15) is 4.79 Å². The van der Waals surface area contributed by atoms with Crippen molar-refractivity contribution in [2.75, 3.05) is 0 Å². The van der Waals surface area contributed by atoms with Crippen LogP contribution in [0.25, 0.3) is 0 Å². The van der Waals surface area contributed by atoms with Crippen LogP contribution in [0, 0.1) is 0 Å². The summed E-state index contributed by atoms with van der Waals surface area (Å²) in [5, 5.41) is 21.5. The monoisotopic (exact) mass is 142 g/mol. The first-order valence-electron chi connectivity index (χ1n) is 2.56. The van der Waals surface area contributed by atoms with Gasteiger partial charge in [-0.1, -0.05) is 0 Å². The predicted octanol–water partition coefficient (Wildman–Crippen LogP) is -0.538. The van der Waals surface area contributed by atoms with Crippen molar-refractivity contribution in [2.24, 2.45) is 0 Å². The maximum atomic E-state index is 10.6. The molecule has 0 saturated carbocycles. The number of nitrogens with one attached hydrogen (secondary N) is 2. The zero-order valence-corrected chi connectivity index (χ0v) is 4.96. The molecular weight excluding hydrogens is 136 g/mol. The Labute approximate surface area is 56.7 Å². The van der Waals surface area contributed by atoms with E-state index in [0.717, 1.165) is 0 Å². The van der Waals surface area contributed by atoms with E-state index in [1.807, 2.05) is 0 Å². The predicted molar refractivity (Wildman–Crippen MR) is 32.7 cm³/mol. The van der Waals surface area contributed by atoms with Crippen LogP contribution >= 0.6 is 0 Å².